The fourth-order valence-electron chi connectivity index (χ4n) is 1.90. The van der Waals surface area contributed by atoms with E-state index in [4.69, 9.17) is 0 Å². The lowest BCUT2D eigenvalue weighted by Crippen LogP contribution is -2.28. The minimum atomic E-state index is -0.768. The summed E-state index contributed by atoms with van der Waals surface area (Å²) in [6.07, 6.45) is 0.934. The van der Waals surface area contributed by atoms with E-state index < -0.39 is 36.0 Å². The minimum Gasteiger partial charge on any atom is -0.465 e. The Hall–Kier alpha value is -2.35. The van der Waals surface area contributed by atoms with Crippen LogP contribution in [0.1, 0.15) is 33.2 Å². The second-order valence-corrected chi connectivity index (χ2v) is 5.78. The largest absolute Gasteiger partial charge is 0.465 e. The van der Waals surface area contributed by atoms with Crippen LogP contribution in [-0.2, 0) is 16.0 Å². The molecule has 0 spiro atoms. The van der Waals surface area contributed by atoms with Crippen molar-refractivity contribution in [2.75, 3.05) is 7.11 Å². The Balaban J connectivity index is 2.02. The first kappa shape index (κ1) is 17.0. The van der Waals surface area contributed by atoms with E-state index in [2.05, 4.69) is 15.0 Å². The number of nitrogens with zero attached hydrogens (tertiary/aromatic N) is 1. The van der Waals surface area contributed by atoms with E-state index >= 15 is 0 Å². The molecule has 8 heteroatoms. The summed E-state index contributed by atoms with van der Waals surface area (Å²) in [5.41, 5.74) is -0.286. The lowest BCUT2D eigenvalue weighted by molar-refractivity contribution is -0.121. The van der Waals surface area contributed by atoms with Gasteiger partial charge in [-0.25, -0.2) is 18.6 Å². The van der Waals surface area contributed by atoms with Crippen LogP contribution in [0.2, 0.25) is 0 Å². The number of rotatable bonds is 5. The van der Waals surface area contributed by atoms with E-state index in [0.717, 1.165) is 23.5 Å². The average Bonchev–Trinajstić information content (AvgIpc) is 3.00. The number of amides is 1. The highest BCUT2D eigenvalue weighted by molar-refractivity contribution is 7.13. The first-order valence-corrected chi connectivity index (χ1v) is 7.50. The first-order valence-electron chi connectivity index (χ1n) is 6.68. The van der Waals surface area contributed by atoms with E-state index in [9.17, 15) is 18.4 Å². The van der Waals surface area contributed by atoms with Gasteiger partial charge in [-0.1, -0.05) is 6.07 Å². The molecule has 0 aliphatic heterocycles. The molecule has 0 radical (unpaired) electrons. The van der Waals surface area contributed by atoms with Gasteiger partial charge in [-0.2, -0.15) is 0 Å². The number of carbonyl (C=O) groups excluding carboxylic acids is 2. The number of benzene rings is 1. The third kappa shape index (κ3) is 4.10. The maximum atomic E-state index is 13.5. The lowest BCUT2D eigenvalue weighted by Gasteiger charge is -2.11. The van der Waals surface area contributed by atoms with E-state index in [1.807, 2.05) is 0 Å². The summed E-state index contributed by atoms with van der Waals surface area (Å²) in [4.78, 5) is 27.6. The fraction of sp³-hybridized carbons (Fsp3) is 0.267. The third-order valence-electron chi connectivity index (χ3n) is 3.06. The van der Waals surface area contributed by atoms with Crippen molar-refractivity contribution in [2.24, 2.45) is 0 Å². The molecule has 122 valence electrons. The van der Waals surface area contributed by atoms with Crippen LogP contribution >= 0.6 is 11.3 Å². The summed E-state index contributed by atoms with van der Waals surface area (Å²) in [6, 6.07) is 2.93. The number of esters is 1. The molecule has 0 saturated carbocycles. The Bertz CT molecular complexity index is 713. The molecule has 2 aromatic rings. The Morgan fingerprint density at radius 3 is 2.61 bits per heavy atom. The third-order valence-corrected chi connectivity index (χ3v) is 4.22. The number of hydrogen-bond donors (Lipinski definition) is 1. The summed E-state index contributed by atoms with van der Waals surface area (Å²) in [6.45, 7) is 1.66. The minimum absolute atomic E-state index is 0.286. The highest BCUT2D eigenvalue weighted by Crippen LogP contribution is 2.21. The Morgan fingerprint density at radius 1 is 1.35 bits per heavy atom. The zero-order chi connectivity index (χ0) is 17.0. The predicted molar refractivity (Wildman–Crippen MR) is 80.1 cm³/mol. The molecule has 1 aromatic carbocycles. The van der Waals surface area contributed by atoms with Crippen LogP contribution in [0.3, 0.4) is 0 Å². The van der Waals surface area contributed by atoms with E-state index in [-0.39, 0.29) is 5.56 Å². The van der Waals surface area contributed by atoms with Gasteiger partial charge < -0.3 is 10.1 Å². The van der Waals surface area contributed by atoms with Crippen LogP contribution < -0.4 is 5.32 Å². The van der Waals surface area contributed by atoms with Gasteiger partial charge in [0.15, 0.2) is 0 Å². The lowest BCUT2D eigenvalue weighted by atomic mass is 10.1. The number of nitrogens with one attached hydrogen (secondary N) is 1. The van der Waals surface area contributed by atoms with Gasteiger partial charge in [0.05, 0.1) is 25.8 Å². The summed E-state index contributed by atoms with van der Waals surface area (Å²) in [5.74, 6) is -2.60. The number of aromatic nitrogens is 1. The number of thiazole rings is 1. The molecule has 1 amide bonds. The molecule has 0 saturated heterocycles. The van der Waals surface area contributed by atoms with Gasteiger partial charge in [0, 0.05) is 5.56 Å². The average molecular weight is 340 g/mol. The van der Waals surface area contributed by atoms with Crippen LogP contribution in [0, 0.1) is 11.6 Å². The first-order chi connectivity index (χ1) is 10.9. The molecular weight excluding hydrogens is 326 g/mol. The summed E-state index contributed by atoms with van der Waals surface area (Å²) in [5, 5.41) is 3.09. The molecule has 1 heterocycles. The van der Waals surface area contributed by atoms with E-state index in [1.165, 1.54) is 19.4 Å². The van der Waals surface area contributed by atoms with Crippen molar-refractivity contribution in [1.29, 1.82) is 0 Å². The predicted octanol–water partition coefficient (Wildman–Crippen LogP) is 2.63. The topological polar surface area (TPSA) is 68.3 Å². The van der Waals surface area contributed by atoms with Crippen LogP contribution in [-0.4, -0.2) is 24.0 Å². The maximum Gasteiger partial charge on any atom is 0.349 e. The zero-order valence-electron chi connectivity index (χ0n) is 12.4. The van der Waals surface area contributed by atoms with Crippen molar-refractivity contribution in [1.82, 2.24) is 10.3 Å². The Labute approximate surface area is 135 Å². The van der Waals surface area contributed by atoms with Gasteiger partial charge in [0.25, 0.3) is 0 Å². The van der Waals surface area contributed by atoms with Crippen LogP contribution in [0.4, 0.5) is 8.78 Å². The van der Waals surface area contributed by atoms with Gasteiger partial charge in [-0.05, 0) is 19.1 Å². The smallest absolute Gasteiger partial charge is 0.349 e. The molecule has 23 heavy (non-hydrogen) atoms. The molecule has 1 N–H and O–H groups in total. The van der Waals surface area contributed by atoms with Crippen LogP contribution in [0.25, 0.3) is 0 Å². The molecule has 0 bridgehead atoms. The fourth-order valence-corrected chi connectivity index (χ4v) is 2.74. The Morgan fingerprint density at radius 2 is 2.00 bits per heavy atom. The quantitative estimate of drug-likeness (QED) is 0.850. The molecule has 0 fully saturated rings. The SMILES string of the molecule is COC(=O)c1cnc([C@@H](C)NC(=O)Cc2c(F)cccc2F)s1. The summed E-state index contributed by atoms with van der Waals surface area (Å²) in [7, 11) is 1.26. The van der Waals surface area contributed by atoms with Crippen molar-refractivity contribution >= 4 is 23.2 Å². The highest BCUT2D eigenvalue weighted by atomic mass is 32.1. The van der Waals surface area contributed by atoms with Gasteiger partial charge in [-0.3, -0.25) is 4.79 Å². The van der Waals surface area contributed by atoms with Crippen molar-refractivity contribution in [3.8, 4) is 0 Å². The molecule has 1 aromatic heterocycles. The second-order valence-electron chi connectivity index (χ2n) is 4.72. The molecule has 0 unspecified atom stereocenters. The van der Waals surface area contributed by atoms with Crippen LogP contribution in [0.5, 0.6) is 0 Å². The maximum absolute atomic E-state index is 13.5. The number of ether oxygens (including phenoxy) is 1. The Kier molecular flexibility index (Phi) is 5.38. The van der Waals surface area contributed by atoms with Crippen molar-refractivity contribution in [2.45, 2.75) is 19.4 Å². The molecule has 0 aliphatic carbocycles. The van der Waals surface area contributed by atoms with Gasteiger partial charge in [0.2, 0.25) is 5.91 Å². The van der Waals surface area contributed by atoms with Crippen molar-refractivity contribution < 1.29 is 23.1 Å². The molecule has 2 rings (SSSR count). The zero-order valence-corrected chi connectivity index (χ0v) is 13.2. The monoisotopic (exact) mass is 340 g/mol. The van der Waals surface area contributed by atoms with Crippen molar-refractivity contribution in [3.63, 3.8) is 0 Å². The summed E-state index contributed by atoms with van der Waals surface area (Å²) < 4.78 is 31.6. The highest BCUT2D eigenvalue weighted by Gasteiger charge is 2.18. The normalized spacial score (nSPS) is 11.8. The number of halogens is 2. The number of hydrogen-bond acceptors (Lipinski definition) is 5. The van der Waals surface area contributed by atoms with Crippen LogP contribution in [0.15, 0.2) is 24.4 Å². The van der Waals surface area contributed by atoms with Crippen molar-refractivity contribution in [3.05, 3.63) is 51.5 Å². The molecular formula is C15H14F2N2O3S. The number of carbonyl (C=O) groups is 2. The molecule has 5 nitrogen and oxygen atoms in total. The number of methoxy groups -OCH3 is 1. The van der Waals surface area contributed by atoms with E-state index in [0.29, 0.717) is 9.88 Å². The second kappa shape index (κ2) is 7.28. The summed E-state index contributed by atoms with van der Waals surface area (Å²) >= 11 is 1.08. The molecule has 1 atom stereocenters. The molecule has 0 aliphatic rings. The standard InChI is InChI=1S/C15H14F2N2O3S/c1-8(14-18-7-12(23-14)15(21)22-2)19-13(20)6-9-10(16)4-3-5-11(9)17/h3-5,7-8H,6H2,1-2H3,(H,19,20)/t8-/m1/s1. The van der Waals surface area contributed by atoms with Gasteiger partial charge in [-0.15, -0.1) is 11.3 Å². The van der Waals surface area contributed by atoms with Gasteiger partial charge >= 0.3 is 5.97 Å². The van der Waals surface area contributed by atoms with Gasteiger partial charge in [0.1, 0.15) is 21.5 Å². The van der Waals surface area contributed by atoms with E-state index in [1.54, 1.807) is 6.92 Å².